The van der Waals surface area contributed by atoms with E-state index in [1.54, 1.807) is 29.2 Å². The number of anilines is 1. The Labute approximate surface area is 246 Å². The van der Waals surface area contributed by atoms with Gasteiger partial charge in [-0.3, -0.25) is 9.59 Å². The van der Waals surface area contributed by atoms with Crippen molar-refractivity contribution in [2.45, 2.75) is 76.7 Å². The molecule has 0 bridgehead atoms. The summed E-state index contributed by atoms with van der Waals surface area (Å²) in [5.41, 5.74) is 2.52. The second-order valence-electron chi connectivity index (χ2n) is 10.8. The van der Waals surface area contributed by atoms with Crippen molar-refractivity contribution in [3.63, 3.8) is 0 Å². The molecular weight excluding hydrogens is 546 g/mol. The zero-order valence-electron chi connectivity index (χ0n) is 23.4. The predicted molar refractivity (Wildman–Crippen MR) is 156 cm³/mol. The number of hydrogen-bond donors (Lipinski definition) is 3. The number of nitrogens with one attached hydrogen (secondary N) is 2. The fourth-order valence-electron chi connectivity index (χ4n) is 5.50. The fourth-order valence-corrected chi connectivity index (χ4v) is 5.72. The molecule has 3 amide bonds. The number of nitrogens with zero attached hydrogens (tertiary/aromatic N) is 1. The van der Waals surface area contributed by atoms with Gasteiger partial charge in [-0.15, -0.1) is 0 Å². The van der Waals surface area contributed by atoms with Crippen LogP contribution in [0.4, 0.5) is 10.5 Å². The number of aliphatic hydroxyl groups is 1. The van der Waals surface area contributed by atoms with Gasteiger partial charge in [-0.05, 0) is 42.5 Å². The van der Waals surface area contributed by atoms with E-state index in [1.165, 1.54) is 6.42 Å². The molecule has 0 aromatic heterocycles. The first-order chi connectivity index (χ1) is 19.9. The second kappa shape index (κ2) is 15.7. The topological polar surface area (TPSA) is 117 Å². The van der Waals surface area contributed by atoms with Crippen molar-refractivity contribution in [3.05, 3.63) is 64.7 Å². The van der Waals surface area contributed by atoms with Gasteiger partial charge in [0.1, 0.15) is 12.6 Å². The first kappa shape index (κ1) is 30.8. The van der Waals surface area contributed by atoms with Crippen LogP contribution in [0.1, 0.15) is 62.5 Å². The molecule has 1 saturated carbocycles. The quantitative estimate of drug-likeness (QED) is 0.351. The lowest BCUT2D eigenvalue weighted by Gasteiger charge is -2.28. The van der Waals surface area contributed by atoms with Crippen molar-refractivity contribution < 1.29 is 29.0 Å². The van der Waals surface area contributed by atoms with E-state index in [4.69, 9.17) is 21.1 Å². The summed E-state index contributed by atoms with van der Waals surface area (Å²) in [4.78, 5) is 40.9. The molecule has 2 aliphatic rings. The highest BCUT2D eigenvalue weighted by Gasteiger charge is 2.29. The summed E-state index contributed by atoms with van der Waals surface area (Å²) in [7, 11) is 0. The third-order valence-corrected chi connectivity index (χ3v) is 7.97. The van der Waals surface area contributed by atoms with Crippen molar-refractivity contribution in [1.82, 2.24) is 10.6 Å². The number of carbonyl (C=O) groups is 3. The van der Waals surface area contributed by atoms with Crippen LogP contribution in [0.15, 0.2) is 48.5 Å². The molecule has 1 aliphatic carbocycles. The average Bonchev–Trinajstić information content (AvgIpc) is 3.21. The Balaban J connectivity index is 1.34. The Morgan fingerprint density at radius 3 is 2.66 bits per heavy atom. The number of aliphatic hydroxyl groups excluding tert-OH is 1. The lowest BCUT2D eigenvalue weighted by molar-refractivity contribution is -0.125. The maximum absolute atomic E-state index is 13.4. The van der Waals surface area contributed by atoms with Crippen LogP contribution in [0.3, 0.4) is 0 Å². The van der Waals surface area contributed by atoms with Crippen molar-refractivity contribution >= 4 is 35.2 Å². The van der Waals surface area contributed by atoms with Crippen LogP contribution in [0.2, 0.25) is 5.02 Å². The third kappa shape index (κ3) is 9.45. The molecule has 9 nitrogen and oxygen atoms in total. The van der Waals surface area contributed by atoms with Crippen LogP contribution >= 0.6 is 11.6 Å². The van der Waals surface area contributed by atoms with Gasteiger partial charge >= 0.3 is 6.09 Å². The Hall–Kier alpha value is -3.14. The third-order valence-electron chi connectivity index (χ3n) is 7.74. The standard InChI is InChI=1S/C31H40ClN3O6/c32-25-11-6-9-23(17-25)20-41-31(39)34-27(18-22-7-2-1-3-8-22)30(38)33-26(19-36)13-14-29(37)35-15-16-40-21-24-10-4-5-12-28(24)35/h4-6,9-12,17,22,26-27,36H,1-3,7-8,13-16,18-21H2,(H,33,38)(H,34,39)/t26-,27-/m0/s1. The molecule has 4 rings (SSSR count). The second-order valence-corrected chi connectivity index (χ2v) is 11.2. The minimum atomic E-state index is -0.815. The van der Waals surface area contributed by atoms with Crippen LogP contribution in [0, 0.1) is 5.92 Å². The summed E-state index contributed by atoms with van der Waals surface area (Å²) in [6.07, 6.45) is 5.58. The average molecular weight is 586 g/mol. The molecule has 0 radical (unpaired) electrons. The Morgan fingerprint density at radius 2 is 1.88 bits per heavy atom. The zero-order chi connectivity index (χ0) is 29.0. The van der Waals surface area contributed by atoms with Gasteiger partial charge in [0.25, 0.3) is 0 Å². The van der Waals surface area contributed by atoms with Crippen molar-refractivity contribution in [2.75, 3.05) is 24.7 Å². The molecule has 1 fully saturated rings. The number of fused-ring (bicyclic) bond motifs is 1. The lowest BCUT2D eigenvalue weighted by atomic mass is 9.84. The van der Waals surface area contributed by atoms with Crippen LogP contribution < -0.4 is 15.5 Å². The number of alkyl carbamates (subject to hydrolysis) is 1. The van der Waals surface area contributed by atoms with E-state index >= 15 is 0 Å². The summed E-state index contributed by atoms with van der Waals surface area (Å²) in [5, 5.41) is 16.2. The summed E-state index contributed by atoms with van der Waals surface area (Å²) in [6.45, 7) is 1.02. The highest BCUT2D eigenvalue weighted by atomic mass is 35.5. The normalized spacial score (nSPS) is 17.1. The summed E-state index contributed by atoms with van der Waals surface area (Å²) < 4.78 is 11.0. The monoisotopic (exact) mass is 585 g/mol. The summed E-state index contributed by atoms with van der Waals surface area (Å²) >= 11 is 6.02. The van der Waals surface area contributed by atoms with Gasteiger partial charge in [-0.25, -0.2) is 4.79 Å². The van der Waals surface area contributed by atoms with Crippen molar-refractivity contribution in [3.8, 4) is 0 Å². The van der Waals surface area contributed by atoms with E-state index in [1.807, 2.05) is 24.3 Å². The Bertz CT molecular complexity index is 1170. The fraction of sp³-hybridized carbons (Fsp3) is 0.516. The minimum Gasteiger partial charge on any atom is -0.445 e. The molecule has 2 atom stereocenters. The summed E-state index contributed by atoms with van der Waals surface area (Å²) in [5.74, 6) is -0.181. The summed E-state index contributed by atoms with van der Waals surface area (Å²) in [6, 6.07) is 13.2. The molecular formula is C31H40ClN3O6. The number of rotatable bonds is 11. The molecule has 222 valence electrons. The molecule has 3 N–H and O–H groups in total. The maximum atomic E-state index is 13.4. The van der Waals surface area contributed by atoms with Crippen LogP contribution in [0.5, 0.6) is 0 Å². The van der Waals surface area contributed by atoms with Crippen LogP contribution in [-0.2, 0) is 32.3 Å². The largest absolute Gasteiger partial charge is 0.445 e. The molecule has 2 aromatic rings. The lowest BCUT2D eigenvalue weighted by Crippen LogP contribution is -2.51. The number of hydrogen-bond acceptors (Lipinski definition) is 6. The highest BCUT2D eigenvalue weighted by Crippen LogP contribution is 2.28. The number of benzene rings is 2. The molecule has 10 heteroatoms. The van der Waals surface area contributed by atoms with E-state index in [9.17, 15) is 19.5 Å². The van der Waals surface area contributed by atoms with E-state index in [0.29, 0.717) is 37.1 Å². The number of ether oxygens (including phenoxy) is 2. The molecule has 0 unspecified atom stereocenters. The molecule has 0 saturated heterocycles. The van der Waals surface area contributed by atoms with E-state index in [-0.39, 0.29) is 32.0 Å². The van der Waals surface area contributed by atoms with Crippen molar-refractivity contribution in [1.29, 1.82) is 0 Å². The molecule has 1 heterocycles. The van der Waals surface area contributed by atoms with Crippen molar-refractivity contribution in [2.24, 2.45) is 5.92 Å². The Kier molecular flexibility index (Phi) is 11.8. The van der Waals surface area contributed by atoms with Gasteiger partial charge in [-0.2, -0.15) is 0 Å². The van der Waals surface area contributed by atoms with E-state index in [0.717, 1.165) is 42.5 Å². The van der Waals surface area contributed by atoms with Gasteiger partial charge < -0.3 is 30.1 Å². The van der Waals surface area contributed by atoms with Crippen LogP contribution in [-0.4, -0.2) is 54.9 Å². The maximum Gasteiger partial charge on any atom is 0.408 e. The van der Waals surface area contributed by atoms with E-state index < -0.39 is 24.1 Å². The number of amides is 3. The predicted octanol–water partition coefficient (Wildman–Crippen LogP) is 4.73. The van der Waals surface area contributed by atoms with Gasteiger partial charge in [0.15, 0.2) is 0 Å². The molecule has 2 aromatic carbocycles. The minimum absolute atomic E-state index is 0.0240. The smallest absolute Gasteiger partial charge is 0.408 e. The zero-order valence-corrected chi connectivity index (χ0v) is 24.1. The van der Waals surface area contributed by atoms with Gasteiger partial charge in [0.2, 0.25) is 11.8 Å². The molecule has 41 heavy (non-hydrogen) atoms. The molecule has 0 spiro atoms. The van der Waals surface area contributed by atoms with Gasteiger partial charge in [0, 0.05) is 29.2 Å². The number of halogens is 1. The highest BCUT2D eigenvalue weighted by molar-refractivity contribution is 6.30. The van der Waals surface area contributed by atoms with Crippen LogP contribution in [0.25, 0.3) is 0 Å². The first-order valence-electron chi connectivity index (χ1n) is 14.5. The number of carbonyl (C=O) groups excluding carboxylic acids is 3. The SMILES string of the molecule is O=C(N[C@@H](CC1CCCCC1)C(=O)N[C@H](CO)CCC(=O)N1CCOCc2ccccc21)OCc1cccc(Cl)c1. The first-order valence-corrected chi connectivity index (χ1v) is 14.9. The Morgan fingerprint density at radius 1 is 1.07 bits per heavy atom. The van der Waals surface area contributed by atoms with E-state index in [2.05, 4.69) is 10.6 Å². The number of para-hydroxylation sites is 1. The molecule has 1 aliphatic heterocycles. The van der Waals surface area contributed by atoms with Gasteiger partial charge in [0.05, 0.1) is 25.9 Å². The van der Waals surface area contributed by atoms with Gasteiger partial charge in [-0.1, -0.05) is 74.0 Å².